The van der Waals surface area contributed by atoms with Gasteiger partial charge >= 0.3 is 0 Å². The lowest BCUT2D eigenvalue weighted by molar-refractivity contribution is 0.425. The van der Waals surface area contributed by atoms with Gasteiger partial charge in [-0.2, -0.15) is 5.10 Å². The summed E-state index contributed by atoms with van der Waals surface area (Å²) >= 11 is 2.31. The second kappa shape index (κ2) is 23.7. The van der Waals surface area contributed by atoms with Crippen molar-refractivity contribution in [3.05, 3.63) is 103 Å². The first-order chi connectivity index (χ1) is 25.7. The van der Waals surface area contributed by atoms with E-state index in [1.54, 1.807) is 12.3 Å². The molecule has 0 aliphatic rings. The van der Waals surface area contributed by atoms with E-state index in [4.69, 9.17) is 15.1 Å². The number of aryl methyl sites for hydroxylation is 1. The number of aromatic nitrogens is 6. The average molecular weight is 854 g/mol. The number of rotatable bonds is 15. The zero-order chi connectivity index (χ0) is 39.5. The summed E-state index contributed by atoms with van der Waals surface area (Å²) in [6.07, 6.45) is 12.5. The van der Waals surface area contributed by atoms with Gasteiger partial charge in [0.25, 0.3) is 0 Å². The molecule has 12 heteroatoms. The third kappa shape index (κ3) is 12.6. The monoisotopic (exact) mass is 853 g/mol. The van der Waals surface area contributed by atoms with Crippen molar-refractivity contribution in [1.29, 1.82) is 0 Å². The number of pyridine rings is 2. The Labute approximate surface area is 331 Å². The van der Waals surface area contributed by atoms with Gasteiger partial charge in [-0.3, -0.25) is 4.98 Å². The molecule has 0 radical (unpaired) electrons. The summed E-state index contributed by atoms with van der Waals surface area (Å²) < 4.78 is 16.8. The Hall–Kier alpha value is -3.93. The molecule has 286 valence electrons. The number of nitrogens with zero attached hydrogens (tertiary/aromatic N) is 6. The van der Waals surface area contributed by atoms with E-state index in [1.165, 1.54) is 12.1 Å². The number of aromatic amines is 1. The lowest BCUT2D eigenvalue weighted by Gasteiger charge is -2.13. The van der Waals surface area contributed by atoms with Crippen molar-refractivity contribution in [2.24, 2.45) is 0 Å². The number of H-pyrrole nitrogens is 1. The highest BCUT2D eigenvalue weighted by Gasteiger charge is 2.21. The minimum absolute atomic E-state index is 0.330. The van der Waals surface area contributed by atoms with E-state index < -0.39 is 0 Å². The highest BCUT2D eigenvalue weighted by molar-refractivity contribution is 14.2. The van der Waals surface area contributed by atoms with E-state index in [2.05, 4.69) is 79.8 Å². The topological polar surface area (TPSA) is 99.6 Å². The second-order valence-corrected chi connectivity index (χ2v) is 13.6. The molecule has 0 spiro atoms. The molecule has 0 saturated heterocycles. The lowest BCUT2D eigenvalue weighted by atomic mass is 10.00. The second-order valence-electron chi connectivity index (χ2n) is 11.6. The molecule has 3 N–H and O–H groups in total. The molecule has 5 aromatic rings. The number of unbranched alkanes of at least 4 members (excludes halogenated alkanes) is 1. The highest BCUT2D eigenvalue weighted by Crippen LogP contribution is 2.37. The fourth-order valence-electron chi connectivity index (χ4n) is 5.25. The molecule has 1 atom stereocenters. The van der Waals surface area contributed by atoms with E-state index in [1.807, 2.05) is 91.5 Å². The quantitative estimate of drug-likeness (QED) is 0.0548. The van der Waals surface area contributed by atoms with E-state index in [0.29, 0.717) is 41.4 Å². The van der Waals surface area contributed by atoms with Crippen LogP contribution in [0.15, 0.2) is 79.9 Å². The van der Waals surface area contributed by atoms with Crippen molar-refractivity contribution >= 4 is 56.4 Å². The molecule has 9 nitrogen and oxygen atoms in total. The number of benzene rings is 1. The molecule has 4 heterocycles. The first kappa shape index (κ1) is 45.2. The Balaban J connectivity index is 0.00000154. The summed E-state index contributed by atoms with van der Waals surface area (Å²) in [5.74, 6) is 0.273. The van der Waals surface area contributed by atoms with E-state index >= 15 is 0 Å². The molecule has 0 fully saturated rings. The molecule has 0 aliphatic heterocycles. The van der Waals surface area contributed by atoms with E-state index in [-0.39, 0.29) is 5.82 Å². The Morgan fingerprint density at radius 3 is 2.40 bits per heavy atom. The van der Waals surface area contributed by atoms with Gasteiger partial charge < -0.3 is 20.5 Å². The van der Waals surface area contributed by atoms with Crippen molar-refractivity contribution in [2.45, 2.75) is 74.7 Å². The number of nitrogens with one attached hydrogen (secondary N) is 3. The van der Waals surface area contributed by atoms with Gasteiger partial charge in [-0.05, 0) is 91.8 Å². The number of anilines is 2. The van der Waals surface area contributed by atoms with Gasteiger partial charge in [-0.25, -0.2) is 18.8 Å². The van der Waals surface area contributed by atoms with E-state index in [9.17, 15) is 4.39 Å². The number of allylic oxidation sites excluding steroid dienone is 3. The summed E-state index contributed by atoms with van der Waals surface area (Å²) in [7, 11) is 4.01. The lowest BCUT2D eigenvalue weighted by Crippen LogP contribution is -2.20. The first-order valence-corrected chi connectivity index (χ1v) is 22.5. The Morgan fingerprint density at radius 2 is 1.74 bits per heavy atom. The van der Waals surface area contributed by atoms with Crippen LogP contribution in [0.5, 0.6) is 0 Å². The average Bonchev–Trinajstić information content (AvgIpc) is 3.74. The SMILES string of the molecule is C=C/C=C(/c1cc(F)cc(NCCN(C)C)c1)c1nc(-c2nn(PI)c3ncc(-c4cncc(NC(=C)CCCC)c4)cc23)[nH]c1C.CC.CC.CC. The van der Waals surface area contributed by atoms with Crippen molar-refractivity contribution in [1.82, 2.24) is 34.4 Å². The first-order valence-electron chi connectivity index (χ1n) is 18.5. The number of hydrogen-bond acceptors (Lipinski definition) is 7. The molecular weight excluding hydrogens is 795 g/mol. The Kier molecular flexibility index (Phi) is 20.2. The normalized spacial score (nSPS) is 11.0. The molecule has 0 aliphatic carbocycles. The minimum Gasteiger partial charge on any atom is -0.384 e. The standard InChI is InChI=1S/C35H40FIN9P.3C2H6/c1-7-9-11-22(3)41-29-16-25(19-38-21-29)26-17-31-33(44-46(47-37)35(31)40-20-26)34-42-23(4)32(43-34)30(10-8-2)24-14-27(36)18-28(15-24)39-12-13-45(5)6;3*1-2/h8,10,14-21,39,41,47H,2-3,7,9,11-13H2,1,4-6H3,(H,42,43);3*1-2H3/b30-10-;;;. The molecule has 0 saturated carbocycles. The summed E-state index contributed by atoms with van der Waals surface area (Å²) in [5.41, 5.74) is 8.82. The highest BCUT2D eigenvalue weighted by atomic mass is 127. The molecule has 5 rings (SSSR count). The molecule has 53 heavy (non-hydrogen) atoms. The maximum atomic E-state index is 14.9. The van der Waals surface area contributed by atoms with Crippen molar-refractivity contribution in [2.75, 3.05) is 37.8 Å². The third-order valence-electron chi connectivity index (χ3n) is 7.57. The van der Waals surface area contributed by atoms with Crippen molar-refractivity contribution in [3.63, 3.8) is 0 Å². The summed E-state index contributed by atoms with van der Waals surface area (Å²) in [5, 5.41) is 12.5. The predicted molar refractivity (Wildman–Crippen MR) is 238 cm³/mol. The van der Waals surface area contributed by atoms with Gasteiger partial charge in [0.1, 0.15) is 11.5 Å². The van der Waals surface area contributed by atoms with E-state index in [0.717, 1.165) is 70.6 Å². The van der Waals surface area contributed by atoms with Gasteiger partial charge in [0.15, 0.2) is 11.5 Å². The molecule has 1 aromatic carbocycles. The van der Waals surface area contributed by atoms with Crippen LogP contribution >= 0.6 is 28.4 Å². The maximum Gasteiger partial charge on any atom is 0.162 e. The Bertz CT molecular complexity index is 1930. The number of fused-ring (bicyclic) bond motifs is 1. The molecule has 4 aromatic heterocycles. The number of imidazole rings is 1. The maximum absolute atomic E-state index is 14.9. The number of likely N-dealkylation sites (N-methyl/N-ethyl adjacent to an activating group) is 1. The predicted octanol–water partition coefficient (Wildman–Crippen LogP) is 11.9. The molecule has 0 amide bonds. The van der Waals surface area contributed by atoms with Gasteiger partial charge in [-0.1, -0.05) is 80.2 Å². The number of halogens is 2. The fourth-order valence-corrected chi connectivity index (χ4v) is 6.66. The van der Waals surface area contributed by atoms with Gasteiger partial charge in [0, 0.05) is 59.3 Å². The smallest absolute Gasteiger partial charge is 0.162 e. The Morgan fingerprint density at radius 1 is 1.02 bits per heavy atom. The molecular formula is C41H58FIN9P. The van der Waals surface area contributed by atoms with Crippen LogP contribution in [0.2, 0.25) is 0 Å². The van der Waals surface area contributed by atoms with Crippen LogP contribution in [-0.2, 0) is 0 Å². The van der Waals surface area contributed by atoms with Crippen LogP contribution in [0.4, 0.5) is 15.8 Å². The summed E-state index contributed by atoms with van der Waals surface area (Å²) in [6.45, 7) is 25.7. The van der Waals surface area contributed by atoms with Crippen molar-refractivity contribution in [3.8, 4) is 22.6 Å². The molecule has 1 unspecified atom stereocenters. The van der Waals surface area contributed by atoms with Crippen LogP contribution in [-0.4, -0.2) is 61.6 Å². The zero-order valence-electron chi connectivity index (χ0n) is 33.2. The summed E-state index contributed by atoms with van der Waals surface area (Å²) in [6, 6.07) is 9.11. The van der Waals surface area contributed by atoms with Crippen molar-refractivity contribution < 1.29 is 4.39 Å². The summed E-state index contributed by atoms with van der Waals surface area (Å²) in [4.78, 5) is 19.9. The largest absolute Gasteiger partial charge is 0.384 e. The van der Waals surface area contributed by atoms with Gasteiger partial charge in [-0.15, -0.1) is 0 Å². The van der Waals surface area contributed by atoms with Gasteiger partial charge in [0.2, 0.25) is 0 Å². The third-order valence-corrected chi connectivity index (χ3v) is 9.42. The van der Waals surface area contributed by atoms with Crippen LogP contribution in [0.3, 0.4) is 0 Å². The number of hydrogen-bond donors (Lipinski definition) is 3. The zero-order valence-corrected chi connectivity index (χ0v) is 36.3. The van der Waals surface area contributed by atoms with Crippen LogP contribution in [0.1, 0.15) is 84.7 Å². The van der Waals surface area contributed by atoms with Crippen LogP contribution < -0.4 is 10.6 Å². The fraction of sp³-hybridized carbons (Fsp3) is 0.366. The minimum atomic E-state index is -0.330. The van der Waals surface area contributed by atoms with Crippen LogP contribution in [0, 0.1) is 12.7 Å². The molecule has 0 bridgehead atoms. The van der Waals surface area contributed by atoms with Gasteiger partial charge in [0.05, 0.1) is 29.3 Å². The van der Waals surface area contributed by atoms with Crippen LogP contribution in [0.25, 0.3) is 39.3 Å².